The molecule has 0 aliphatic carbocycles. The molecular formula is C20H23N3O4. The number of aliphatic hydroxyl groups excluding tert-OH is 1. The molecule has 7 nitrogen and oxygen atoms in total. The Hall–Kier alpha value is -2.90. The Bertz CT molecular complexity index is 978. The molecule has 0 saturated carbocycles. The smallest absolute Gasteiger partial charge is 0.341 e. The van der Waals surface area contributed by atoms with Crippen molar-refractivity contribution in [2.75, 3.05) is 40.4 Å². The summed E-state index contributed by atoms with van der Waals surface area (Å²) in [5.41, 5.74) is 2.45. The lowest BCUT2D eigenvalue weighted by atomic mass is 10.1. The fourth-order valence-electron chi connectivity index (χ4n) is 2.95. The molecule has 27 heavy (non-hydrogen) atoms. The van der Waals surface area contributed by atoms with E-state index in [2.05, 4.69) is 5.32 Å². The Balaban J connectivity index is 2.02. The van der Waals surface area contributed by atoms with Crippen LogP contribution in [0.15, 0.2) is 42.6 Å². The van der Waals surface area contributed by atoms with Gasteiger partial charge in [0.1, 0.15) is 6.61 Å². The van der Waals surface area contributed by atoms with Crippen LogP contribution in [-0.2, 0) is 4.74 Å². The maximum absolute atomic E-state index is 12.7. The van der Waals surface area contributed by atoms with Crippen LogP contribution in [0.1, 0.15) is 20.7 Å². The lowest BCUT2D eigenvalue weighted by Gasteiger charge is -2.10. The number of para-hydroxylation sites is 1. The standard InChI is InChI=1S/C20H23N3O4/c1-22(2)10-12-27-20(26)18-15-5-3-4-6-16(15)23-13-14(7-8-17(18)23)19(25)21-9-11-24/h3-8,13,24H,9-12H2,1-2H3,(H,21,25). The molecule has 0 unspecified atom stereocenters. The number of carbonyl (C=O) groups excluding carboxylic acids is 2. The maximum Gasteiger partial charge on any atom is 0.341 e. The van der Waals surface area contributed by atoms with Crippen LogP contribution in [-0.4, -0.2) is 66.7 Å². The summed E-state index contributed by atoms with van der Waals surface area (Å²) < 4.78 is 7.27. The van der Waals surface area contributed by atoms with Gasteiger partial charge in [-0.15, -0.1) is 0 Å². The van der Waals surface area contributed by atoms with Gasteiger partial charge < -0.3 is 24.5 Å². The number of ether oxygens (including phenoxy) is 1. The lowest BCUT2D eigenvalue weighted by Crippen LogP contribution is -2.26. The highest BCUT2D eigenvalue weighted by Crippen LogP contribution is 2.28. The van der Waals surface area contributed by atoms with E-state index in [4.69, 9.17) is 9.84 Å². The topological polar surface area (TPSA) is 83.3 Å². The van der Waals surface area contributed by atoms with Gasteiger partial charge in [0.15, 0.2) is 0 Å². The monoisotopic (exact) mass is 369 g/mol. The average Bonchev–Trinajstić information content (AvgIpc) is 2.99. The van der Waals surface area contributed by atoms with Crippen molar-refractivity contribution in [3.8, 4) is 0 Å². The Labute approximate surface area is 157 Å². The van der Waals surface area contributed by atoms with Gasteiger partial charge in [0, 0.05) is 24.7 Å². The number of benzene rings is 1. The van der Waals surface area contributed by atoms with Gasteiger partial charge >= 0.3 is 5.97 Å². The molecule has 2 aromatic heterocycles. The number of rotatable bonds is 7. The summed E-state index contributed by atoms with van der Waals surface area (Å²) in [6.45, 7) is 1.01. The van der Waals surface area contributed by atoms with Gasteiger partial charge in [-0.2, -0.15) is 0 Å². The maximum atomic E-state index is 12.7. The number of hydrogen-bond acceptors (Lipinski definition) is 5. The first-order valence-electron chi connectivity index (χ1n) is 8.76. The zero-order chi connectivity index (χ0) is 19.4. The molecule has 7 heteroatoms. The third-order valence-corrected chi connectivity index (χ3v) is 4.27. The number of nitrogens with zero attached hydrogens (tertiary/aromatic N) is 2. The fraction of sp³-hybridized carbons (Fsp3) is 0.300. The second-order valence-electron chi connectivity index (χ2n) is 6.48. The molecule has 0 saturated heterocycles. The third kappa shape index (κ3) is 3.94. The Morgan fingerprint density at radius 1 is 1.15 bits per heavy atom. The first kappa shape index (κ1) is 18.9. The number of aromatic nitrogens is 1. The summed E-state index contributed by atoms with van der Waals surface area (Å²) in [7, 11) is 3.83. The number of likely N-dealkylation sites (N-methyl/N-ethyl adjacent to an activating group) is 1. The normalized spacial score (nSPS) is 11.3. The first-order valence-corrected chi connectivity index (χ1v) is 8.76. The van der Waals surface area contributed by atoms with Crippen molar-refractivity contribution in [3.05, 3.63) is 53.7 Å². The highest BCUT2D eigenvalue weighted by molar-refractivity contribution is 6.12. The van der Waals surface area contributed by atoms with Crippen molar-refractivity contribution in [3.63, 3.8) is 0 Å². The number of hydrogen-bond donors (Lipinski definition) is 2. The second kappa shape index (κ2) is 8.20. The van der Waals surface area contributed by atoms with Gasteiger partial charge in [-0.1, -0.05) is 18.2 Å². The van der Waals surface area contributed by atoms with Crippen LogP contribution >= 0.6 is 0 Å². The second-order valence-corrected chi connectivity index (χ2v) is 6.48. The van der Waals surface area contributed by atoms with Crippen LogP contribution in [0, 0.1) is 0 Å². The van der Waals surface area contributed by atoms with Gasteiger partial charge in [0.25, 0.3) is 5.91 Å². The van der Waals surface area contributed by atoms with Crippen LogP contribution < -0.4 is 5.32 Å². The molecule has 0 spiro atoms. The number of amides is 1. The van der Waals surface area contributed by atoms with Crippen LogP contribution in [0.2, 0.25) is 0 Å². The predicted octanol–water partition coefficient (Wildman–Crippen LogP) is 1.53. The average molecular weight is 369 g/mol. The molecule has 0 atom stereocenters. The number of esters is 1. The molecule has 3 rings (SSSR count). The van der Waals surface area contributed by atoms with Crippen LogP contribution in [0.3, 0.4) is 0 Å². The molecule has 0 bridgehead atoms. The van der Waals surface area contributed by atoms with Crippen LogP contribution in [0.4, 0.5) is 0 Å². The molecule has 0 aliphatic rings. The Morgan fingerprint density at radius 3 is 2.67 bits per heavy atom. The van der Waals surface area contributed by atoms with E-state index in [0.717, 1.165) is 10.9 Å². The van der Waals surface area contributed by atoms with Gasteiger partial charge in [-0.25, -0.2) is 4.79 Å². The van der Waals surface area contributed by atoms with Gasteiger partial charge in [0.2, 0.25) is 0 Å². The van der Waals surface area contributed by atoms with E-state index < -0.39 is 0 Å². The number of aliphatic hydroxyl groups is 1. The SMILES string of the molecule is CN(C)CCOC(=O)c1c2ccccc2n2cc(C(=O)NCCO)ccc12. The lowest BCUT2D eigenvalue weighted by molar-refractivity contribution is 0.0486. The van der Waals surface area contributed by atoms with E-state index in [9.17, 15) is 9.59 Å². The Morgan fingerprint density at radius 2 is 1.93 bits per heavy atom. The van der Waals surface area contributed by atoms with E-state index in [1.165, 1.54) is 0 Å². The summed E-state index contributed by atoms with van der Waals surface area (Å²) in [5.74, 6) is -0.660. The molecule has 0 fully saturated rings. The summed E-state index contributed by atoms with van der Waals surface area (Å²) in [5, 5.41) is 12.3. The molecule has 3 aromatic rings. The minimum Gasteiger partial charge on any atom is -0.461 e. The molecule has 1 amide bonds. The zero-order valence-electron chi connectivity index (χ0n) is 15.4. The zero-order valence-corrected chi connectivity index (χ0v) is 15.4. The van der Waals surface area contributed by atoms with Crippen molar-refractivity contribution in [2.24, 2.45) is 0 Å². The van der Waals surface area contributed by atoms with Gasteiger partial charge in [-0.05, 0) is 32.3 Å². The minimum absolute atomic E-state index is 0.122. The number of pyridine rings is 1. The van der Waals surface area contributed by atoms with E-state index in [1.54, 1.807) is 18.3 Å². The van der Waals surface area contributed by atoms with E-state index in [0.29, 0.717) is 29.8 Å². The molecule has 2 N–H and O–H groups in total. The predicted molar refractivity (Wildman–Crippen MR) is 103 cm³/mol. The van der Waals surface area contributed by atoms with Gasteiger partial charge in [0.05, 0.1) is 28.8 Å². The molecule has 2 heterocycles. The summed E-state index contributed by atoms with van der Waals surface area (Å²) >= 11 is 0. The summed E-state index contributed by atoms with van der Waals surface area (Å²) in [4.78, 5) is 26.9. The highest BCUT2D eigenvalue weighted by Gasteiger charge is 2.20. The number of nitrogens with one attached hydrogen (secondary N) is 1. The molecule has 0 aliphatic heterocycles. The van der Waals surface area contributed by atoms with E-state index in [-0.39, 0.29) is 25.0 Å². The quantitative estimate of drug-likeness (QED) is 0.617. The third-order valence-electron chi connectivity index (χ3n) is 4.27. The Kier molecular flexibility index (Phi) is 5.73. The number of fused-ring (bicyclic) bond motifs is 3. The van der Waals surface area contributed by atoms with Crippen molar-refractivity contribution in [2.45, 2.75) is 0 Å². The van der Waals surface area contributed by atoms with Crippen LogP contribution in [0.25, 0.3) is 16.4 Å². The van der Waals surface area contributed by atoms with Crippen molar-refractivity contribution in [1.82, 2.24) is 14.6 Å². The minimum atomic E-state index is -0.381. The largest absolute Gasteiger partial charge is 0.461 e. The molecule has 1 aromatic carbocycles. The van der Waals surface area contributed by atoms with Crippen molar-refractivity contribution in [1.29, 1.82) is 0 Å². The molecule has 142 valence electrons. The summed E-state index contributed by atoms with van der Waals surface area (Å²) in [6, 6.07) is 10.9. The van der Waals surface area contributed by atoms with E-state index >= 15 is 0 Å². The number of carbonyl (C=O) groups is 2. The molecule has 0 radical (unpaired) electrons. The molecular weight excluding hydrogens is 346 g/mol. The highest BCUT2D eigenvalue weighted by atomic mass is 16.5. The van der Waals surface area contributed by atoms with Crippen molar-refractivity contribution >= 4 is 28.3 Å². The van der Waals surface area contributed by atoms with E-state index in [1.807, 2.05) is 47.7 Å². The van der Waals surface area contributed by atoms with Gasteiger partial charge in [-0.3, -0.25) is 4.79 Å². The fourth-order valence-corrected chi connectivity index (χ4v) is 2.95. The summed E-state index contributed by atoms with van der Waals surface area (Å²) in [6.07, 6.45) is 1.70. The first-order chi connectivity index (χ1) is 13.0. The van der Waals surface area contributed by atoms with Crippen molar-refractivity contribution < 1.29 is 19.4 Å². The van der Waals surface area contributed by atoms with Crippen LogP contribution in [0.5, 0.6) is 0 Å².